The summed E-state index contributed by atoms with van der Waals surface area (Å²) in [5.41, 5.74) is 0.816. The van der Waals surface area contributed by atoms with Gasteiger partial charge in [0.1, 0.15) is 5.82 Å². The fourth-order valence-corrected chi connectivity index (χ4v) is 1.36. The fraction of sp³-hybridized carbons (Fsp3) is 0.364. The number of carboxylic acids is 1. The van der Waals surface area contributed by atoms with Crippen molar-refractivity contribution in [2.45, 2.75) is 25.4 Å². The Morgan fingerprint density at radius 3 is 2.40 bits per heavy atom. The number of benzene rings is 1. The number of hydrogen-bond acceptors (Lipinski definition) is 2. The molecule has 0 aliphatic heterocycles. The van der Waals surface area contributed by atoms with E-state index >= 15 is 0 Å². The van der Waals surface area contributed by atoms with E-state index in [1.165, 1.54) is 12.1 Å². The van der Waals surface area contributed by atoms with E-state index < -0.39 is 12.1 Å². The third-order valence-corrected chi connectivity index (χ3v) is 2.30. The molecule has 0 saturated carbocycles. The zero-order valence-corrected chi connectivity index (χ0v) is 8.35. The van der Waals surface area contributed by atoms with Crippen molar-refractivity contribution >= 4 is 5.97 Å². The summed E-state index contributed by atoms with van der Waals surface area (Å²) < 4.78 is 12.6. The van der Waals surface area contributed by atoms with E-state index in [0.717, 1.165) is 5.56 Å². The molecule has 2 atom stereocenters. The molecule has 4 heteroatoms. The molecule has 0 saturated heterocycles. The Kier molecular flexibility index (Phi) is 3.80. The van der Waals surface area contributed by atoms with Crippen molar-refractivity contribution in [3.63, 3.8) is 0 Å². The zero-order chi connectivity index (χ0) is 11.4. The molecule has 0 fully saturated rings. The molecule has 0 spiro atoms. The van der Waals surface area contributed by atoms with Gasteiger partial charge in [-0.25, -0.2) is 9.18 Å². The Hall–Kier alpha value is -1.42. The lowest BCUT2D eigenvalue weighted by molar-refractivity contribution is -0.147. The smallest absolute Gasteiger partial charge is 0.332 e. The highest BCUT2D eigenvalue weighted by atomic mass is 19.1. The average molecular weight is 212 g/mol. The molecule has 2 N–H and O–H groups in total. The molecule has 3 nitrogen and oxygen atoms in total. The van der Waals surface area contributed by atoms with Gasteiger partial charge in [-0.3, -0.25) is 0 Å². The third kappa shape index (κ3) is 3.32. The molecule has 15 heavy (non-hydrogen) atoms. The van der Waals surface area contributed by atoms with Gasteiger partial charge in [0.25, 0.3) is 0 Å². The lowest BCUT2D eigenvalue weighted by atomic mass is 9.95. The summed E-state index contributed by atoms with van der Waals surface area (Å²) in [7, 11) is 0. The van der Waals surface area contributed by atoms with Gasteiger partial charge in [0.05, 0.1) is 0 Å². The molecule has 0 amide bonds. The van der Waals surface area contributed by atoms with Crippen LogP contribution in [0.5, 0.6) is 0 Å². The largest absolute Gasteiger partial charge is 0.479 e. The maximum atomic E-state index is 12.6. The van der Waals surface area contributed by atoms with Crippen LogP contribution in [0.15, 0.2) is 24.3 Å². The van der Waals surface area contributed by atoms with Crippen LogP contribution in [0.25, 0.3) is 0 Å². The highest BCUT2D eigenvalue weighted by molar-refractivity contribution is 5.71. The van der Waals surface area contributed by atoms with Gasteiger partial charge in [-0.1, -0.05) is 19.1 Å². The van der Waals surface area contributed by atoms with E-state index in [-0.39, 0.29) is 18.2 Å². The lowest BCUT2D eigenvalue weighted by Crippen LogP contribution is -2.21. The van der Waals surface area contributed by atoms with Crippen molar-refractivity contribution in [2.24, 2.45) is 0 Å². The number of carbonyl (C=O) groups is 1. The molecular weight excluding hydrogens is 199 g/mol. The Balaban J connectivity index is 2.64. The molecule has 82 valence electrons. The number of rotatable bonds is 4. The highest BCUT2D eigenvalue weighted by Crippen LogP contribution is 2.20. The Labute approximate surface area is 87.2 Å². The average Bonchev–Trinajstić information content (AvgIpc) is 2.18. The first-order valence-corrected chi connectivity index (χ1v) is 4.67. The van der Waals surface area contributed by atoms with Crippen molar-refractivity contribution in [3.05, 3.63) is 35.6 Å². The van der Waals surface area contributed by atoms with Gasteiger partial charge in [-0.05, 0) is 30.0 Å². The van der Waals surface area contributed by atoms with Gasteiger partial charge >= 0.3 is 5.97 Å². The van der Waals surface area contributed by atoms with Crippen molar-refractivity contribution in [2.75, 3.05) is 0 Å². The molecule has 1 aromatic rings. The molecule has 0 aromatic heterocycles. The Bertz CT molecular complexity index is 334. The van der Waals surface area contributed by atoms with Crippen LogP contribution >= 0.6 is 0 Å². The zero-order valence-electron chi connectivity index (χ0n) is 8.35. The van der Waals surface area contributed by atoms with Gasteiger partial charge in [0.2, 0.25) is 0 Å². The minimum Gasteiger partial charge on any atom is -0.479 e. The topological polar surface area (TPSA) is 57.5 Å². The van der Waals surface area contributed by atoms with Crippen LogP contribution in [0.1, 0.15) is 24.8 Å². The normalized spacial score (nSPS) is 14.6. The van der Waals surface area contributed by atoms with Crippen LogP contribution in [-0.2, 0) is 4.79 Å². The van der Waals surface area contributed by atoms with Gasteiger partial charge in [0, 0.05) is 0 Å². The number of carboxylic acid groups (broad SMARTS) is 1. The molecule has 0 heterocycles. The van der Waals surface area contributed by atoms with Gasteiger partial charge < -0.3 is 10.2 Å². The minimum absolute atomic E-state index is 0.114. The van der Waals surface area contributed by atoms with E-state index in [0.29, 0.717) is 0 Å². The van der Waals surface area contributed by atoms with Crippen LogP contribution in [-0.4, -0.2) is 22.3 Å². The van der Waals surface area contributed by atoms with E-state index in [1.807, 2.05) is 0 Å². The molecule has 1 aromatic carbocycles. The fourth-order valence-electron chi connectivity index (χ4n) is 1.36. The first-order valence-electron chi connectivity index (χ1n) is 4.67. The molecule has 1 rings (SSSR count). The number of halogens is 1. The number of aliphatic carboxylic acids is 1. The quantitative estimate of drug-likeness (QED) is 0.799. The second-order valence-corrected chi connectivity index (χ2v) is 3.54. The van der Waals surface area contributed by atoms with Crippen molar-refractivity contribution in [1.29, 1.82) is 0 Å². The van der Waals surface area contributed by atoms with Crippen LogP contribution in [0.2, 0.25) is 0 Å². The highest BCUT2D eigenvalue weighted by Gasteiger charge is 2.17. The van der Waals surface area contributed by atoms with Crippen LogP contribution in [0.4, 0.5) is 4.39 Å². The third-order valence-electron chi connectivity index (χ3n) is 2.30. The molecule has 0 radical (unpaired) electrons. The summed E-state index contributed by atoms with van der Waals surface area (Å²) in [6.07, 6.45) is -1.24. The SMILES string of the molecule is CC(CC(O)C(=O)O)c1ccc(F)cc1. The van der Waals surface area contributed by atoms with Crippen LogP contribution < -0.4 is 0 Å². The van der Waals surface area contributed by atoms with Crippen molar-refractivity contribution in [3.8, 4) is 0 Å². The van der Waals surface area contributed by atoms with E-state index in [2.05, 4.69) is 0 Å². The monoisotopic (exact) mass is 212 g/mol. The lowest BCUT2D eigenvalue weighted by Gasteiger charge is -2.13. The Morgan fingerprint density at radius 1 is 1.40 bits per heavy atom. The molecule has 0 aliphatic rings. The van der Waals surface area contributed by atoms with Crippen LogP contribution in [0, 0.1) is 5.82 Å². The standard InChI is InChI=1S/C11H13FO3/c1-7(6-10(13)11(14)15)8-2-4-9(12)5-3-8/h2-5,7,10,13H,6H2,1H3,(H,14,15). The van der Waals surface area contributed by atoms with Gasteiger partial charge in [-0.15, -0.1) is 0 Å². The van der Waals surface area contributed by atoms with E-state index in [1.54, 1.807) is 19.1 Å². The number of aliphatic hydroxyl groups is 1. The first kappa shape index (κ1) is 11.7. The predicted octanol–water partition coefficient (Wildman–Crippen LogP) is 1.76. The maximum Gasteiger partial charge on any atom is 0.332 e. The minimum atomic E-state index is -1.37. The summed E-state index contributed by atoms with van der Waals surface area (Å²) in [6.45, 7) is 1.79. The van der Waals surface area contributed by atoms with Gasteiger partial charge in [0.15, 0.2) is 6.10 Å². The second-order valence-electron chi connectivity index (χ2n) is 3.54. The van der Waals surface area contributed by atoms with Crippen LogP contribution in [0.3, 0.4) is 0 Å². The molecule has 0 bridgehead atoms. The van der Waals surface area contributed by atoms with Crippen molar-refractivity contribution in [1.82, 2.24) is 0 Å². The van der Waals surface area contributed by atoms with E-state index in [9.17, 15) is 9.18 Å². The summed E-state index contributed by atoms with van der Waals surface area (Å²) in [4.78, 5) is 10.4. The number of hydrogen-bond donors (Lipinski definition) is 2. The molecular formula is C11H13FO3. The Morgan fingerprint density at radius 2 is 1.93 bits per heavy atom. The maximum absolute atomic E-state index is 12.6. The first-order chi connectivity index (χ1) is 7.00. The van der Waals surface area contributed by atoms with Gasteiger partial charge in [-0.2, -0.15) is 0 Å². The predicted molar refractivity (Wildman–Crippen MR) is 53.1 cm³/mol. The molecule has 2 unspecified atom stereocenters. The molecule has 0 aliphatic carbocycles. The van der Waals surface area contributed by atoms with E-state index in [4.69, 9.17) is 10.2 Å². The summed E-state index contributed by atoms with van der Waals surface area (Å²) >= 11 is 0. The summed E-state index contributed by atoms with van der Waals surface area (Å²) in [5, 5.41) is 17.7. The summed E-state index contributed by atoms with van der Waals surface area (Å²) in [5.74, 6) is -1.68. The second kappa shape index (κ2) is 4.89. The summed E-state index contributed by atoms with van der Waals surface area (Å²) in [6, 6.07) is 5.82. The number of aliphatic hydroxyl groups excluding tert-OH is 1. The van der Waals surface area contributed by atoms with Crippen molar-refractivity contribution < 1.29 is 19.4 Å².